The Hall–Kier alpha value is 0.0500. The molecule has 2 heteroatoms. The molecule has 11 heavy (non-hydrogen) atoms. The van der Waals surface area contributed by atoms with Gasteiger partial charge in [0.15, 0.2) is 0 Å². The van der Waals surface area contributed by atoms with E-state index in [2.05, 4.69) is 24.8 Å². The summed E-state index contributed by atoms with van der Waals surface area (Å²) >= 11 is 2.06. The molecule has 64 valence electrons. The van der Waals surface area contributed by atoms with Crippen LogP contribution in [0.1, 0.15) is 19.8 Å². The smallest absolute Gasteiger partial charge is 0.0136 e. The first-order valence-corrected chi connectivity index (χ1v) is 5.49. The summed E-state index contributed by atoms with van der Waals surface area (Å²) in [6, 6.07) is 0. The largest absolute Gasteiger partial charge is 0.327 e. The van der Waals surface area contributed by atoms with Gasteiger partial charge < -0.3 is 5.73 Å². The van der Waals surface area contributed by atoms with E-state index in [1.54, 1.807) is 0 Å². The Balaban J connectivity index is 2.40. The van der Waals surface area contributed by atoms with Gasteiger partial charge in [-0.05, 0) is 30.3 Å². The second kappa shape index (κ2) is 4.83. The van der Waals surface area contributed by atoms with Gasteiger partial charge in [0.05, 0.1) is 0 Å². The molecule has 2 N–H and O–H groups in total. The summed E-state index contributed by atoms with van der Waals surface area (Å²) in [6.45, 7) is 2.93. The summed E-state index contributed by atoms with van der Waals surface area (Å²) in [5.41, 5.74) is 7.01. The average Bonchev–Trinajstić information content (AvgIpc) is 2.52. The van der Waals surface area contributed by atoms with E-state index < -0.39 is 0 Å². The molecule has 1 aliphatic rings. The van der Waals surface area contributed by atoms with Gasteiger partial charge in [-0.25, -0.2) is 0 Å². The third kappa shape index (κ3) is 2.88. The van der Waals surface area contributed by atoms with Crippen LogP contribution in [0.2, 0.25) is 0 Å². The minimum absolute atomic E-state index is 0.748. The predicted molar refractivity (Wildman–Crippen MR) is 52.9 cm³/mol. The first-order chi connectivity index (χ1) is 5.36. The topological polar surface area (TPSA) is 26.0 Å². The molecule has 0 amide bonds. The molecule has 0 saturated carbocycles. The molecule has 1 saturated heterocycles. The van der Waals surface area contributed by atoms with Gasteiger partial charge in [-0.1, -0.05) is 18.6 Å². The number of nitrogens with two attached hydrogens (primary N) is 1. The molecular weight excluding hydrogens is 154 g/mol. The lowest BCUT2D eigenvalue weighted by atomic mass is 10.0. The lowest BCUT2D eigenvalue weighted by molar-refractivity contribution is 0.732. The van der Waals surface area contributed by atoms with Crippen molar-refractivity contribution in [3.8, 4) is 0 Å². The second-order valence-corrected chi connectivity index (χ2v) is 4.16. The van der Waals surface area contributed by atoms with Crippen molar-refractivity contribution in [2.75, 3.05) is 18.1 Å². The van der Waals surface area contributed by atoms with Gasteiger partial charge >= 0.3 is 0 Å². The van der Waals surface area contributed by atoms with Crippen molar-refractivity contribution in [3.05, 3.63) is 11.6 Å². The Bertz CT molecular complexity index is 130. The molecular formula is C9H17NS. The van der Waals surface area contributed by atoms with E-state index >= 15 is 0 Å². The van der Waals surface area contributed by atoms with Gasteiger partial charge in [0, 0.05) is 6.54 Å². The first kappa shape index (κ1) is 9.14. The third-order valence-corrected chi connectivity index (χ3v) is 3.34. The zero-order valence-electron chi connectivity index (χ0n) is 7.18. The highest BCUT2D eigenvalue weighted by atomic mass is 32.2. The third-order valence-electron chi connectivity index (χ3n) is 2.15. The summed E-state index contributed by atoms with van der Waals surface area (Å²) in [5.74, 6) is 3.46. The highest BCUT2D eigenvalue weighted by Crippen LogP contribution is 2.25. The Labute approximate surface area is 73.4 Å². The maximum absolute atomic E-state index is 5.59. The van der Waals surface area contributed by atoms with Gasteiger partial charge in [0.1, 0.15) is 0 Å². The predicted octanol–water partition coefficient (Wildman–Crippen LogP) is 2.03. The molecule has 0 bridgehead atoms. The van der Waals surface area contributed by atoms with E-state index in [0.29, 0.717) is 0 Å². The summed E-state index contributed by atoms with van der Waals surface area (Å²) in [4.78, 5) is 0. The Morgan fingerprint density at radius 1 is 1.73 bits per heavy atom. The quantitative estimate of drug-likeness (QED) is 0.658. The van der Waals surface area contributed by atoms with Crippen LogP contribution in [0.15, 0.2) is 11.6 Å². The zero-order valence-corrected chi connectivity index (χ0v) is 7.99. The maximum Gasteiger partial charge on any atom is 0.0136 e. The van der Waals surface area contributed by atoms with Crippen LogP contribution in [-0.2, 0) is 0 Å². The molecule has 1 aliphatic heterocycles. The lowest BCUT2D eigenvalue weighted by Gasteiger charge is -2.04. The highest BCUT2D eigenvalue weighted by Gasteiger charge is 2.12. The van der Waals surface area contributed by atoms with E-state index in [4.69, 9.17) is 5.73 Å². The van der Waals surface area contributed by atoms with E-state index in [-0.39, 0.29) is 0 Å². The number of allylic oxidation sites excluding steroid dienone is 1. The van der Waals surface area contributed by atoms with Gasteiger partial charge in [-0.15, -0.1) is 0 Å². The first-order valence-electron chi connectivity index (χ1n) is 4.34. The lowest BCUT2D eigenvalue weighted by Crippen LogP contribution is -2.05. The number of rotatable bonds is 3. The fourth-order valence-corrected chi connectivity index (χ4v) is 2.55. The van der Waals surface area contributed by atoms with Gasteiger partial charge in [-0.3, -0.25) is 0 Å². The molecule has 1 rings (SSSR count). The van der Waals surface area contributed by atoms with Crippen molar-refractivity contribution in [1.82, 2.24) is 0 Å². The molecule has 0 aromatic rings. The molecule has 0 spiro atoms. The summed E-state index contributed by atoms with van der Waals surface area (Å²) in [5, 5.41) is 0. The van der Waals surface area contributed by atoms with E-state index in [9.17, 15) is 0 Å². The average molecular weight is 171 g/mol. The van der Waals surface area contributed by atoms with Gasteiger partial charge in [0.25, 0.3) is 0 Å². The Morgan fingerprint density at radius 2 is 2.55 bits per heavy atom. The van der Waals surface area contributed by atoms with Crippen LogP contribution in [0.25, 0.3) is 0 Å². The number of hydrogen-bond acceptors (Lipinski definition) is 2. The van der Waals surface area contributed by atoms with Crippen LogP contribution in [0.5, 0.6) is 0 Å². The molecule has 0 aromatic heterocycles. The van der Waals surface area contributed by atoms with Crippen molar-refractivity contribution in [2.45, 2.75) is 19.8 Å². The molecule has 1 heterocycles. The molecule has 1 unspecified atom stereocenters. The molecule has 0 aromatic carbocycles. The Kier molecular flexibility index (Phi) is 4.02. The van der Waals surface area contributed by atoms with Crippen molar-refractivity contribution in [3.63, 3.8) is 0 Å². The normalized spacial score (nSPS) is 26.0. The van der Waals surface area contributed by atoms with Crippen LogP contribution < -0.4 is 5.73 Å². The van der Waals surface area contributed by atoms with Crippen LogP contribution in [-0.4, -0.2) is 18.1 Å². The SMILES string of the molecule is CC/C(=C\C1CCSC1)CN. The minimum Gasteiger partial charge on any atom is -0.327 e. The molecule has 1 nitrogen and oxygen atoms in total. The van der Waals surface area contributed by atoms with Crippen LogP contribution >= 0.6 is 11.8 Å². The van der Waals surface area contributed by atoms with E-state index in [1.807, 2.05) is 0 Å². The van der Waals surface area contributed by atoms with E-state index in [0.717, 1.165) is 18.9 Å². The summed E-state index contributed by atoms with van der Waals surface area (Å²) in [6.07, 6.45) is 4.87. The second-order valence-electron chi connectivity index (χ2n) is 3.01. The van der Waals surface area contributed by atoms with E-state index in [1.165, 1.54) is 23.5 Å². The zero-order chi connectivity index (χ0) is 8.10. The number of hydrogen-bond donors (Lipinski definition) is 1. The molecule has 0 radical (unpaired) electrons. The van der Waals surface area contributed by atoms with Crippen molar-refractivity contribution in [2.24, 2.45) is 11.7 Å². The minimum atomic E-state index is 0.748. The fraction of sp³-hybridized carbons (Fsp3) is 0.778. The van der Waals surface area contributed by atoms with Crippen molar-refractivity contribution in [1.29, 1.82) is 0 Å². The van der Waals surface area contributed by atoms with Crippen LogP contribution in [0, 0.1) is 5.92 Å². The monoisotopic (exact) mass is 171 g/mol. The van der Waals surface area contributed by atoms with Crippen molar-refractivity contribution >= 4 is 11.8 Å². The fourth-order valence-electron chi connectivity index (χ4n) is 1.35. The van der Waals surface area contributed by atoms with Gasteiger partial charge in [-0.2, -0.15) is 11.8 Å². The Morgan fingerprint density at radius 3 is 3.00 bits per heavy atom. The van der Waals surface area contributed by atoms with Crippen LogP contribution in [0.4, 0.5) is 0 Å². The standard InChI is InChI=1S/C9H17NS/c1-2-8(6-10)5-9-3-4-11-7-9/h5,9H,2-4,6-7,10H2,1H3/b8-5+. The molecule has 1 atom stereocenters. The maximum atomic E-state index is 5.59. The summed E-state index contributed by atoms with van der Waals surface area (Å²) in [7, 11) is 0. The highest BCUT2D eigenvalue weighted by molar-refractivity contribution is 7.99. The van der Waals surface area contributed by atoms with Crippen LogP contribution in [0.3, 0.4) is 0 Å². The number of thioether (sulfide) groups is 1. The van der Waals surface area contributed by atoms with Crippen molar-refractivity contribution < 1.29 is 0 Å². The molecule has 0 aliphatic carbocycles. The summed E-state index contributed by atoms with van der Waals surface area (Å²) < 4.78 is 0. The van der Waals surface area contributed by atoms with Gasteiger partial charge in [0.2, 0.25) is 0 Å². The molecule has 1 fully saturated rings.